The van der Waals surface area contributed by atoms with Crippen LogP contribution in [0.3, 0.4) is 0 Å². The second kappa shape index (κ2) is 9.15. The van der Waals surface area contributed by atoms with E-state index in [1.165, 1.54) is 42.0 Å². The number of pyridine rings is 1. The number of rotatable bonds is 7. The number of aryl methyl sites for hydroxylation is 2. The molecule has 170 valence electrons. The van der Waals surface area contributed by atoms with Crippen molar-refractivity contribution in [3.05, 3.63) is 69.8 Å². The molecule has 0 saturated heterocycles. The van der Waals surface area contributed by atoms with E-state index < -0.39 is 32.5 Å². The summed E-state index contributed by atoms with van der Waals surface area (Å²) in [5.41, 5.74) is 0.978. The van der Waals surface area contributed by atoms with Crippen LogP contribution in [0, 0.1) is 18.6 Å². The highest BCUT2D eigenvalue weighted by Gasteiger charge is 2.23. The molecule has 0 spiro atoms. The molecule has 10 heteroatoms. The highest BCUT2D eigenvalue weighted by molar-refractivity contribution is 7.91. The molecule has 1 atom stereocenters. The molecule has 0 aliphatic carbocycles. The topological polar surface area (TPSA) is 91.2 Å². The maximum absolute atomic E-state index is 14.3. The highest BCUT2D eigenvalue weighted by atomic mass is 32.2. The molecule has 2 heterocycles. The normalized spacial score (nSPS) is 12.6. The molecule has 0 saturated carbocycles. The summed E-state index contributed by atoms with van der Waals surface area (Å²) < 4.78 is 60.1. The SMILES string of the molecule is CC[C@@H](C)S(=O)(=O)Cc1cc(-c2ccc(=O)n(C)c2)nc(Oc2c(C)ccc(F)c2F)n1. The van der Waals surface area contributed by atoms with Crippen molar-refractivity contribution in [3.8, 4) is 23.0 Å². The van der Waals surface area contributed by atoms with Gasteiger partial charge in [-0.05, 0) is 44.0 Å². The summed E-state index contributed by atoms with van der Waals surface area (Å²) in [5, 5.41) is -0.592. The van der Waals surface area contributed by atoms with Gasteiger partial charge >= 0.3 is 6.01 Å². The lowest BCUT2D eigenvalue weighted by Gasteiger charge is -2.14. The summed E-state index contributed by atoms with van der Waals surface area (Å²) >= 11 is 0. The summed E-state index contributed by atoms with van der Waals surface area (Å²) in [6, 6.07) is 6.32. The van der Waals surface area contributed by atoms with Crippen molar-refractivity contribution in [1.29, 1.82) is 0 Å². The zero-order valence-corrected chi connectivity index (χ0v) is 18.9. The minimum absolute atomic E-state index is 0.133. The first kappa shape index (κ1) is 23.5. The van der Waals surface area contributed by atoms with Crippen molar-refractivity contribution < 1.29 is 21.9 Å². The van der Waals surface area contributed by atoms with Crippen LogP contribution in [0.15, 0.2) is 41.3 Å². The zero-order chi connectivity index (χ0) is 23.6. The van der Waals surface area contributed by atoms with E-state index >= 15 is 0 Å². The molecule has 3 aromatic rings. The molecule has 3 rings (SSSR count). The standard InChI is InChI=1S/C22H23F2N3O4S/c1-5-14(3)32(29,30)12-16-10-18(15-7-9-19(28)27(4)11-15)26-22(25-16)31-21-13(2)6-8-17(23)20(21)24/h6-11,14H,5,12H2,1-4H3/t14-/m1/s1. The van der Waals surface area contributed by atoms with Crippen LogP contribution in [0.2, 0.25) is 0 Å². The zero-order valence-electron chi connectivity index (χ0n) is 18.1. The second-order valence-corrected chi connectivity index (χ2v) is 9.95. The molecule has 1 aromatic carbocycles. The monoisotopic (exact) mass is 463 g/mol. The van der Waals surface area contributed by atoms with Crippen molar-refractivity contribution in [1.82, 2.24) is 14.5 Å². The molecule has 0 bridgehead atoms. The van der Waals surface area contributed by atoms with Gasteiger partial charge in [0.15, 0.2) is 21.4 Å². The molecule has 32 heavy (non-hydrogen) atoms. The number of sulfone groups is 1. The predicted molar refractivity (Wildman–Crippen MR) is 116 cm³/mol. The van der Waals surface area contributed by atoms with Gasteiger partial charge in [-0.25, -0.2) is 12.8 Å². The minimum atomic E-state index is -3.53. The van der Waals surface area contributed by atoms with E-state index in [4.69, 9.17) is 4.74 Å². The third-order valence-electron chi connectivity index (χ3n) is 5.12. The van der Waals surface area contributed by atoms with E-state index in [1.807, 2.05) is 0 Å². The minimum Gasteiger partial charge on any atom is -0.421 e. The van der Waals surface area contributed by atoms with Crippen LogP contribution in [0.25, 0.3) is 11.3 Å². The summed E-state index contributed by atoms with van der Waals surface area (Å²) in [6.45, 7) is 4.90. The van der Waals surface area contributed by atoms with Crippen molar-refractivity contribution in [2.45, 2.75) is 38.2 Å². The van der Waals surface area contributed by atoms with Gasteiger partial charge < -0.3 is 9.30 Å². The number of aromatic nitrogens is 3. The maximum Gasteiger partial charge on any atom is 0.322 e. The fourth-order valence-electron chi connectivity index (χ4n) is 2.93. The maximum atomic E-state index is 14.3. The Kier molecular flexibility index (Phi) is 6.73. The van der Waals surface area contributed by atoms with Crippen molar-refractivity contribution in [2.75, 3.05) is 0 Å². The average Bonchev–Trinajstić information content (AvgIpc) is 2.74. The fraction of sp³-hybridized carbons (Fsp3) is 0.318. The average molecular weight is 464 g/mol. The first-order valence-corrected chi connectivity index (χ1v) is 11.6. The van der Waals surface area contributed by atoms with Gasteiger partial charge in [-0.15, -0.1) is 0 Å². The van der Waals surface area contributed by atoms with Gasteiger partial charge in [-0.1, -0.05) is 13.0 Å². The number of nitrogens with zero attached hydrogens (tertiary/aromatic N) is 3. The van der Waals surface area contributed by atoms with Gasteiger partial charge in [-0.2, -0.15) is 14.4 Å². The van der Waals surface area contributed by atoms with E-state index in [0.717, 1.165) is 6.07 Å². The third-order valence-corrected chi connectivity index (χ3v) is 7.38. The Morgan fingerprint density at radius 3 is 2.53 bits per heavy atom. The van der Waals surface area contributed by atoms with E-state index in [-0.39, 0.29) is 28.7 Å². The molecule has 0 amide bonds. The molecule has 0 radical (unpaired) electrons. The Morgan fingerprint density at radius 1 is 1.16 bits per heavy atom. The van der Waals surface area contributed by atoms with Gasteiger partial charge in [-0.3, -0.25) is 4.79 Å². The van der Waals surface area contributed by atoms with Crippen LogP contribution < -0.4 is 10.3 Å². The smallest absolute Gasteiger partial charge is 0.322 e. The Balaban J connectivity index is 2.13. The van der Waals surface area contributed by atoms with Gasteiger partial charge in [0.05, 0.1) is 22.4 Å². The van der Waals surface area contributed by atoms with Crippen LogP contribution in [0.1, 0.15) is 31.5 Å². The lowest BCUT2D eigenvalue weighted by molar-refractivity contribution is 0.389. The third kappa shape index (κ3) is 5.01. The second-order valence-electron chi connectivity index (χ2n) is 7.53. The highest BCUT2D eigenvalue weighted by Crippen LogP contribution is 2.30. The van der Waals surface area contributed by atoms with Gasteiger partial charge in [0.1, 0.15) is 0 Å². The van der Waals surface area contributed by atoms with Crippen molar-refractivity contribution >= 4 is 9.84 Å². The van der Waals surface area contributed by atoms with Crippen LogP contribution in [0.4, 0.5) is 8.78 Å². The number of halogens is 2. The Hall–Kier alpha value is -3.14. The number of ether oxygens (including phenoxy) is 1. The molecule has 0 N–H and O–H groups in total. The van der Waals surface area contributed by atoms with E-state index in [0.29, 0.717) is 17.5 Å². The van der Waals surface area contributed by atoms with Crippen LogP contribution in [-0.4, -0.2) is 28.2 Å². The van der Waals surface area contributed by atoms with Gasteiger partial charge in [0.25, 0.3) is 0 Å². The largest absolute Gasteiger partial charge is 0.421 e. The van der Waals surface area contributed by atoms with E-state index in [2.05, 4.69) is 9.97 Å². The molecule has 0 fully saturated rings. The molecular formula is C22H23F2N3O4S. The lowest BCUT2D eigenvalue weighted by atomic mass is 10.2. The Labute approximate surface area is 184 Å². The summed E-state index contributed by atoms with van der Waals surface area (Å²) in [4.78, 5) is 20.1. The number of hydrogen-bond acceptors (Lipinski definition) is 6. The summed E-state index contributed by atoms with van der Waals surface area (Å²) in [5.74, 6) is -3.07. The molecule has 0 unspecified atom stereocenters. The molecule has 0 aliphatic heterocycles. The number of hydrogen-bond donors (Lipinski definition) is 0. The van der Waals surface area contributed by atoms with Gasteiger partial charge in [0.2, 0.25) is 11.4 Å². The van der Waals surface area contributed by atoms with Gasteiger partial charge in [0, 0.05) is 24.9 Å². The lowest BCUT2D eigenvalue weighted by Crippen LogP contribution is -2.19. The Morgan fingerprint density at radius 2 is 1.88 bits per heavy atom. The molecule has 0 aliphatic rings. The first-order chi connectivity index (χ1) is 15.0. The van der Waals surface area contributed by atoms with Crippen LogP contribution in [-0.2, 0) is 22.6 Å². The van der Waals surface area contributed by atoms with Crippen LogP contribution in [0.5, 0.6) is 11.8 Å². The van der Waals surface area contributed by atoms with Crippen molar-refractivity contribution in [2.24, 2.45) is 7.05 Å². The fourth-order valence-corrected chi connectivity index (χ4v) is 4.29. The molecular weight excluding hydrogens is 440 g/mol. The molecule has 7 nitrogen and oxygen atoms in total. The van der Waals surface area contributed by atoms with E-state index in [9.17, 15) is 22.0 Å². The van der Waals surface area contributed by atoms with Crippen LogP contribution >= 0.6 is 0 Å². The van der Waals surface area contributed by atoms with E-state index in [1.54, 1.807) is 20.9 Å². The van der Waals surface area contributed by atoms with Crippen molar-refractivity contribution in [3.63, 3.8) is 0 Å². The number of benzene rings is 1. The Bertz CT molecular complexity index is 1320. The predicted octanol–water partition coefficient (Wildman–Crippen LogP) is 3.93. The quantitative estimate of drug-likeness (QED) is 0.527. The first-order valence-electron chi connectivity index (χ1n) is 9.91. The summed E-state index contributed by atoms with van der Waals surface area (Å²) in [6.07, 6.45) is 1.95. The summed E-state index contributed by atoms with van der Waals surface area (Å²) in [7, 11) is -1.97. The molecule has 2 aromatic heterocycles.